The summed E-state index contributed by atoms with van der Waals surface area (Å²) in [5, 5.41) is 12.4. The number of halogens is 1. The molecule has 4 rings (SSSR count). The van der Waals surface area contributed by atoms with Gasteiger partial charge in [-0.15, -0.1) is 10.2 Å². The Morgan fingerprint density at radius 2 is 1.78 bits per heavy atom. The summed E-state index contributed by atoms with van der Waals surface area (Å²) in [5.74, 6) is 1.19. The maximum absolute atomic E-state index is 13.5. The molecule has 1 saturated carbocycles. The average Bonchev–Trinajstić information content (AvgIpc) is 3.21. The molecule has 0 bridgehead atoms. The molecule has 32 heavy (non-hydrogen) atoms. The van der Waals surface area contributed by atoms with Crippen LogP contribution in [0.15, 0.2) is 29.4 Å². The third kappa shape index (κ3) is 6.10. The second kappa shape index (κ2) is 11.3. The third-order valence-electron chi connectivity index (χ3n) is 6.54. The predicted octanol–water partition coefficient (Wildman–Crippen LogP) is 4.57. The number of hydrogen-bond donors (Lipinski definition) is 1. The maximum atomic E-state index is 13.5. The number of carbonyl (C=O) groups excluding carboxylic acids is 1. The number of amides is 1. The van der Waals surface area contributed by atoms with E-state index in [0.717, 1.165) is 31.1 Å². The minimum absolute atomic E-state index is 0.0341. The number of benzene rings is 1. The van der Waals surface area contributed by atoms with Crippen molar-refractivity contribution in [3.05, 3.63) is 35.9 Å². The van der Waals surface area contributed by atoms with E-state index in [1.165, 1.54) is 75.3 Å². The fourth-order valence-corrected chi connectivity index (χ4v) is 5.55. The highest BCUT2D eigenvalue weighted by Crippen LogP contribution is 2.28. The van der Waals surface area contributed by atoms with E-state index in [-0.39, 0.29) is 17.0 Å². The molecule has 8 heteroatoms. The molecule has 1 saturated heterocycles. The lowest BCUT2D eigenvalue weighted by Crippen LogP contribution is -2.35. The SMILES string of the molecule is CC(Sc1nnc(CN2CCCCC2)n1-c1ccc(F)cc1)C(=O)NCC1CCCCC1. The van der Waals surface area contributed by atoms with Gasteiger partial charge in [0.2, 0.25) is 5.91 Å². The first-order valence-electron chi connectivity index (χ1n) is 12.0. The lowest BCUT2D eigenvalue weighted by molar-refractivity contribution is -0.120. The highest BCUT2D eigenvalue weighted by Gasteiger charge is 2.23. The van der Waals surface area contributed by atoms with Gasteiger partial charge in [-0.2, -0.15) is 0 Å². The second-order valence-electron chi connectivity index (χ2n) is 9.06. The van der Waals surface area contributed by atoms with E-state index in [4.69, 9.17) is 0 Å². The maximum Gasteiger partial charge on any atom is 0.233 e. The molecule has 1 aliphatic carbocycles. The molecule has 174 valence electrons. The van der Waals surface area contributed by atoms with Crippen LogP contribution in [0.25, 0.3) is 5.69 Å². The number of nitrogens with zero attached hydrogens (tertiary/aromatic N) is 4. The van der Waals surface area contributed by atoms with Gasteiger partial charge in [0.05, 0.1) is 11.8 Å². The molecular weight excluding hydrogens is 425 g/mol. The number of rotatable bonds is 8. The molecule has 1 aromatic carbocycles. The predicted molar refractivity (Wildman–Crippen MR) is 125 cm³/mol. The van der Waals surface area contributed by atoms with Gasteiger partial charge < -0.3 is 5.32 Å². The minimum atomic E-state index is -0.287. The van der Waals surface area contributed by atoms with E-state index in [1.54, 1.807) is 12.1 Å². The van der Waals surface area contributed by atoms with Crippen molar-refractivity contribution in [1.29, 1.82) is 0 Å². The zero-order valence-corrected chi connectivity index (χ0v) is 19.7. The molecule has 2 heterocycles. The quantitative estimate of drug-likeness (QED) is 0.586. The molecule has 1 N–H and O–H groups in total. The van der Waals surface area contributed by atoms with Crippen LogP contribution < -0.4 is 5.32 Å². The number of hydrogen-bond acceptors (Lipinski definition) is 5. The van der Waals surface area contributed by atoms with Gasteiger partial charge in [-0.25, -0.2) is 4.39 Å². The summed E-state index contributed by atoms with van der Waals surface area (Å²) in [6, 6.07) is 6.40. The first-order chi connectivity index (χ1) is 15.6. The van der Waals surface area contributed by atoms with Gasteiger partial charge >= 0.3 is 0 Å². The van der Waals surface area contributed by atoms with Gasteiger partial charge in [-0.05, 0) is 75.9 Å². The van der Waals surface area contributed by atoms with Crippen molar-refractivity contribution in [2.45, 2.75) is 75.2 Å². The van der Waals surface area contributed by atoms with Gasteiger partial charge in [0.15, 0.2) is 11.0 Å². The Morgan fingerprint density at radius 3 is 2.50 bits per heavy atom. The molecule has 6 nitrogen and oxygen atoms in total. The molecule has 0 radical (unpaired) electrons. The van der Waals surface area contributed by atoms with Crippen molar-refractivity contribution in [3.8, 4) is 5.69 Å². The van der Waals surface area contributed by atoms with Crippen LogP contribution in [0.3, 0.4) is 0 Å². The lowest BCUT2D eigenvalue weighted by Gasteiger charge is -2.26. The van der Waals surface area contributed by atoms with Crippen LogP contribution in [0.2, 0.25) is 0 Å². The van der Waals surface area contributed by atoms with Crippen molar-refractivity contribution in [2.24, 2.45) is 5.92 Å². The number of likely N-dealkylation sites (tertiary alicyclic amines) is 1. The monoisotopic (exact) mass is 459 g/mol. The first-order valence-corrected chi connectivity index (χ1v) is 12.8. The van der Waals surface area contributed by atoms with E-state index >= 15 is 0 Å². The van der Waals surface area contributed by atoms with Crippen molar-refractivity contribution in [1.82, 2.24) is 25.0 Å². The van der Waals surface area contributed by atoms with E-state index in [1.807, 2.05) is 11.5 Å². The van der Waals surface area contributed by atoms with Gasteiger partial charge in [0.1, 0.15) is 5.82 Å². The zero-order chi connectivity index (χ0) is 22.3. The van der Waals surface area contributed by atoms with E-state index < -0.39 is 0 Å². The topological polar surface area (TPSA) is 63.1 Å². The molecule has 1 amide bonds. The van der Waals surface area contributed by atoms with Gasteiger partial charge in [-0.3, -0.25) is 14.3 Å². The fourth-order valence-electron chi connectivity index (χ4n) is 4.64. The molecule has 1 unspecified atom stereocenters. The molecule has 2 aliphatic rings. The number of carbonyl (C=O) groups is 1. The number of piperidine rings is 1. The Hall–Kier alpha value is -1.93. The van der Waals surface area contributed by atoms with Crippen molar-refractivity contribution < 1.29 is 9.18 Å². The summed E-state index contributed by atoms with van der Waals surface area (Å²) in [4.78, 5) is 15.2. The van der Waals surface area contributed by atoms with Crippen LogP contribution >= 0.6 is 11.8 Å². The van der Waals surface area contributed by atoms with Crippen LogP contribution in [0, 0.1) is 11.7 Å². The van der Waals surface area contributed by atoms with E-state index in [2.05, 4.69) is 20.4 Å². The molecule has 1 atom stereocenters. The number of nitrogens with one attached hydrogen (secondary N) is 1. The molecule has 0 spiro atoms. The normalized spacial score (nSPS) is 19.1. The molecule has 1 aromatic heterocycles. The summed E-state index contributed by atoms with van der Waals surface area (Å²) >= 11 is 1.41. The summed E-state index contributed by atoms with van der Waals surface area (Å²) in [7, 11) is 0. The Bertz CT molecular complexity index is 875. The Balaban J connectivity index is 1.46. The Kier molecular flexibility index (Phi) is 8.19. The fraction of sp³-hybridized carbons (Fsp3) is 0.625. The smallest absolute Gasteiger partial charge is 0.233 e. The first kappa shape index (κ1) is 23.2. The van der Waals surface area contributed by atoms with Gasteiger partial charge in [0, 0.05) is 12.2 Å². The third-order valence-corrected chi connectivity index (χ3v) is 7.58. The number of aromatic nitrogens is 3. The van der Waals surface area contributed by atoms with Crippen molar-refractivity contribution in [3.63, 3.8) is 0 Å². The lowest BCUT2D eigenvalue weighted by atomic mass is 9.89. The Labute approximate surface area is 194 Å². The van der Waals surface area contributed by atoms with Crippen molar-refractivity contribution >= 4 is 17.7 Å². The average molecular weight is 460 g/mol. The molecule has 2 aromatic rings. The molecule has 2 fully saturated rings. The molecule has 1 aliphatic heterocycles. The zero-order valence-electron chi connectivity index (χ0n) is 18.9. The summed E-state index contributed by atoms with van der Waals surface area (Å²) in [6.45, 7) is 5.48. The largest absolute Gasteiger partial charge is 0.355 e. The van der Waals surface area contributed by atoms with E-state index in [9.17, 15) is 9.18 Å². The van der Waals surface area contributed by atoms with Crippen LogP contribution in [0.1, 0.15) is 64.1 Å². The summed E-state index contributed by atoms with van der Waals surface area (Å²) in [5.41, 5.74) is 0.820. The standard InChI is InChI=1S/C24H34FN5OS/c1-18(23(31)26-16-19-8-4-2-5-9-19)32-24-28-27-22(17-29-14-6-3-7-15-29)30(24)21-12-10-20(25)11-13-21/h10-13,18-19H,2-9,14-17H2,1H3,(H,26,31). The molecular formula is C24H34FN5OS. The van der Waals surface area contributed by atoms with Gasteiger partial charge in [0.25, 0.3) is 0 Å². The minimum Gasteiger partial charge on any atom is -0.355 e. The van der Waals surface area contributed by atoms with Gasteiger partial charge in [-0.1, -0.05) is 37.4 Å². The summed E-state index contributed by atoms with van der Waals surface area (Å²) < 4.78 is 15.5. The van der Waals surface area contributed by atoms with Crippen LogP contribution in [-0.2, 0) is 11.3 Å². The highest BCUT2D eigenvalue weighted by atomic mass is 32.2. The van der Waals surface area contributed by atoms with Crippen LogP contribution in [0.4, 0.5) is 4.39 Å². The number of thioether (sulfide) groups is 1. The van der Waals surface area contributed by atoms with Crippen LogP contribution in [-0.4, -0.2) is 50.5 Å². The van der Waals surface area contributed by atoms with E-state index in [0.29, 0.717) is 17.6 Å². The Morgan fingerprint density at radius 1 is 1.09 bits per heavy atom. The summed E-state index contributed by atoms with van der Waals surface area (Å²) in [6.07, 6.45) is 9.94. The highest BCUT2D eigenvalue weighted by molar-refractivity contribution is 8.00. The van der Waals surface area contributed by atoms with Crippen LogP contribution in [0.5, 0.6) is 0 Å². The second-order valence-corrected chi connectivity index (χ2v) is 10.4. The van der Waals surface area contributed by atoms with Crippen molar-refractivity contribution in [2.75, 3.05) is 19.6 Å².